The second-order valence-electron chi connectivity index (χ2n) is 20.6. The number of hydrogen-bond acceptors (Lipinski definition) is 6. The third kappa shape index (κ3) is 52.0. The number of unbranched alkanes of at least 4 members (excludes halogenated alkanes) is 31. The fourth-order valence-electron chi connectivity index (χ4n) is 8.18. The minimum atomic E-state index is -4.61. The van der Waals surface area contributed by atoms with Crippen molar-refractivity contribution in [1.82, 2.24) is 5.32 Å². The van der Waals surface area contributed by atoms with Crippen molar-refractivity contribution in [3.05, 3.63) is 60.8 Å². The number of aliphatic hydroxyl groups excluding tert-OH is 1. The number of hydrogen-bond donors (Lipinski definition) is 2. The van der Waals surface area contributed by atoms with Gasteiger partial charge in [0.15, 0.2) is 0 Å². The van der Waals surface area contributed by atoms with Gasteiger partial charge in [-0.2, -0.15) is 0 Å². The zero-order valence-corrected chi connectivity index (χ0v) is 46.2. The Hall–Kier alpha value is -1.80. The summed E-state index contributed by atoms with van der Waals surface area (Å²) < 4.78 is 23.3. The van der Waals surface area contributed by atoms with Crippen LogP contribution in [0.1, 0.15) is 258 Å². The topological polar surface area (TPSA) is 108 Å². The molecule has 0 aliphatic heterocycles. The van der Waals surface area contributed by atoms with Gasteiger partial charge in [-0.25, -0.2) is 0 Å². The van der Waals surface area contributed by atoms with Crippen LogP contribution in [0.3, 0.4) is 0 Å². The molecule has 68 heavy (non-hydrogen) atoms. The molecular weight excluding hydrogens is 864 g/mol. The van der Waals surface area contributed by atoms with Gasteiger partial charge in [-0.3, -0.25) is 9.36 Å². The van der Waals surface area contributed by atoms with E-state index in [0.29, 0.717) is 17.4 Å². The zero-order valence-electron chi connectivity index (χ0n) is 45.3. The molecule has 2 N–H and O–H groups in total. The first kappa shape index (κ1) is 66.2. The van der Waals surface area contributed by atoms with E-state index in [-0.39, 0.29) is 12.5 Å². The Morgan fingerprint density at radius 3 is 1.29 bits per heavy atom. The number of allylic oxidation sites excluding steroid dienone is 9. The van der Waals surface area contributed by atoms with Crippen molar-refractivity contribution < 1.29 is 32.9 Å². The summed E-state index contributed by atoms with van der Waals surface area (Å²) in [5.74, 6) is -0.214. The van der Waals surface area contributed by atoms with Crippen LogP contribution in [0, 0.1) is 0 Å². The van der Waals surface area contributed by atoms with E-state index in [1.807, 2.05) is 27.2 Å². The van der Waals surface area contributed by atoms with Crippen LogP contribution in [-0.2, 0) is 18.4 Å². The van der Waals surface area contributed by atoms with Crippen LogP contribution >= 0.6 is 7.82 Å². The highest BCUT2D eigenvalue weighted by atomic mass is 31.2. The predicted octanol–water partition coefficient (Wildman–Crippen LogP) is 16.7. The molecule has 0 radical (unpaired) electrons. The van der Waals surface area contributed by atoms with Crippen LogP contribution in [0.15, 0.2) is 60.8 Å². The molecule has 0 aromatic rings. The fourth-order valence-corrected chi connectivity index (χ4v) is 8.90. The minimum absolute atomic E-state index is 0.00980. The van der Waals surface area contributed by atoms with Crippen LogP contribution in [0.4, 0.5) is 0 Å². The number of rotatable bonds is 52. The molecule has 0 saturated carbocycles. The smallest absolute Gasteiger partial charge is 0.268 e. The van der Waals surface area contributed by atoms with Crippen molar-refractivity contribution in [3.63, 3.8) is 0 Å². The molecule has 0 aromatic carbocycles. The lowest BCUT2D eigenvalue weighted by Gasteiger charge is -2.29. The van der Waals surface area contributed by atoms with Crippen molar-refractivity contribution in [2.24, 2.45) is 0 Å². The Kier molecular flexibility index (Phi) is 48.8. The molecule has 0 rings (SSSR count). The van der Waals surface area contributed by atoms with Gasteiger partial charge in [0.1, 0.15) is 13.2 Å². The molecule has 398 valence electrons. The molecule has 8 nitrogen and oxygen atoms in total. The first-order valence-corrected chi connectivity index (χ1v) is 30.1. The molecule has 0 bridgehead atoms. The van der Waals surface area contributed by atoms with E-state index in [1.54, 1.807) is 6.08 Å². The predicted molar refractivity (Wildman–Crippen MR) is 293 cm³/mol. The summed E-state index contributed by atoms with van der Waals surface area (Å²) in [4.78, 5) is 25.5. The summed E-state index contributed by atoms with van der Waals surface area (Å²) in [5.41, 5.74) is 0. The van der Waals surface area contributed by atoms with Crippen molar-refractivity contribution in [1.29, 1.82) is 0 Å². The molecule has 0 aromatic heterocycles. The number of likely N-dealkylation sites (N-methyl/N-ethyl adjacent to an activating group) is 1. The zero-order chi connectivity index (χ0) is 49.9. The van der Waals surface area contributed by atoms with Crippen LogP contribution in [0.5, 0.6) is 0 Å². The SMILES string of the molecule is CCCCCCC/C=C\C/C=C\C/C=C\CCCCCCCCCCC(=O)NC(COP(=O)([O-])OCC[N+](C)(C)C)C(O)/C=C/CC/C=C/CCCCCCCCCCCCCCCCCCC. The van der Waals surface area contributed by atoms with Gasteiger partial charge in [0.05, 0.1) is 39.9 Å². The Balaban J connectivity index is 4.30. The highest BCUT2D eigenvalue weighted by Crippen LogP contribution is 2.38. The van der Waals surface area contributed by atoms with Crippen molar-refractivity contribution in [2.75, 3.05) is 40.9 Å². The lowest BCUT2D eigenvalue weighted by atomic mass is 10.0. The van der Waals surface area contributed by atoms with Gasteiger partial charge in [0.2, 0.25) is 5.91 Å². The molecule has 3 atom stereocenters. The van der Waals surface area contributed by atoms with E-state index in [2.05, 4.69) is 67.8 Å². The Labute approximate surface area is 422 Å². The number of phosphoric acid groups is 1. The third-order valence-electron chi connectivity index (χ3n) is 12.7. The molecule has 0 heterocycles. The Bertz CT molecular complexity index is 1290. The van der Waals surface area contributed by atoms with E-state index >= 15 is 0 Å². The van der Waals surface area contributed by atoms with Crippen LogP contribution in [-0.4, -0.2) is 68.5 Å². The summed E-state index contributed by atoms with van der Waals surface area (Å²) in [7, 11) is 1.24. The van der Waals surface area contributed by atoms with Crippen molar-refractivity contribution in [3.8, 4) is 0 Å². The maximum atomic E-state index is 13.0. The number of aliphatic hydroxyl groups is 1. The monoisotopic (exact) mass is 975 g/mol. The van der Waals surface area contributed by atoms with Crippen molar-refractivity contribution in [2.45, 2.75) is 270 Å². The number of carbonyl (C=O) groups is 1. The largest absolute Gasteiger partial charge is 0.756 e. The highest BCUT2D eigenvalue weighted by molar-refractivity contribution is 7.45. The third-order valence-corrected chi connectivity index (χ3v) is 13.7. The van der Waals surface area contributed by atoms with Gasteiger partial charge in [-0.05, 0) is 70.6 Å². The van der Waals surface area contributed by atoms with Crippen LogP contribution < -0.4 is 10.2 Å². The normalized spacial score (nSPS) is 14.4. The minimum Gasteiger partial charge on any atom is -0.756 e. The van der Waals surface area contributed by atoms with Gasteiger partial charge in [0, 0.05) is 6.42 Å². The van der Waals surface area contributed by atoms with Gasteiger partial charge in [-0.1, -0.05) is 242 Å². The molecule has 0 aliphatic carbocycles. The van der Waals surface area contributed by atoms with Gasteiger partial charge in [-0.15, -0.1) is 0 Å². The lowest BCUT2D eigenvalue weighted by Crippen LogP contribution is -2.45. The quantitative estimate of drug-likeness (QED) is 0.0272. The summed E-state index contributed by atoms with van der Waals surface area (Å²) in [6.45, 7) is 4.63. The summed E-state index contributed by atoms with van der Waals surface area (Å²) in [6, 6.07) is -0.911. The molecule has 0 fully saturated rings. The average Bonchev–Trinajstić information content (AvgIpc) is 3.30. The Morgan fingerprint density at radius 1 is 0.515 bits per heavy atom. The van der Waals surface area contributed by atoms with Gasteiger partial charge in [0.25, 0.3) is 7.82 Å². The average molecular weight is 976 g/mol. The van der Waals surface area contributed by atoms with Gasteiger partial charge >= 0.3 is 0 Å². The van der Waals surface area contributed by atoms with E-state index in [1.165, 1.54) is 173 Å². The number of amides is 1. The molecule has 1 amide bonds. The number of carbonyl (C=O) groups excluding carboxylic acids is 1. The second-order valence-corrected chi connectivity index (χ2v) is 22.0. The maximum Gasteiger partial charge on any atom is 0.268 e. The molecule has 0 spiro atoms. The van der Waals surface area contributed by atoms with E-state index in [9.17, 15) is 19.4 Å². The van der Waals surface area contributed by atoms with Crippen LogP contribution in [0.25, 0.3) is 0 Å². The lowest BCUT2D eigenvalue weighted by molar-refractivity contribution is -0.870. The molecule has 9 heteroatoms. The maximum absolute atomic E-state index is 13.0. The summed E-state index contributed by atoms with van der Waals surface area (Å²) >= 11 is 0. The van der Waals surface area contributed by atoms with Crippen LogP contribution in [0.2, 0.25) is 0 Å². The van der Waals surface area contributed by atoms with E-state index in [4.69, 9.17) is 9.05 Å². The molecule has 0 saturated heterocycles. The number of nitrogens with one attached hydrogen (secondary N) is 1. The van der Waals surface area contributed by atoms with E-state index in [0.717, 1.165) is 64.2 Å². The molecule has 0 aliphatic rings. The highest BCUT2D eigenvalue weighted by Gasteiger charge is 2.23. The second kappa shape index (κ2) is 50.2. The van der Waals surface area contributed by atoms with Gasteiger partial charge < -0.3 is 28.8 Å². The summed E-state index contributed by atoms with van der Waals surface area (Å²) in [5, 5.41) is 13.9. The first-order valence-electron chi connectivity index (χ1n) is 28.7. The number of nitrogens with zero attached hydrogens (tertiary/aromatic N) is 1. The number of quaternary nitrogens is 1. The Morgan fingerprint density at radius 2 is 0.868 bits per heavy atom. The van der Waals surface area contributed by atoms with Crippen molar-refractivity contribution >= 4 is 13.7 Å². The summed E-state index contributed by atoms with van der Waals surface area (Å²) in [6.07, 6.45) is 67.2. The fraction of sp³-hybridized carbons (Fsp3) is 0.814. The first-order chi connectivity index (χ1) is 33.0. The molecule has 3 unspecified atom stereocenters. The standard InChI is InChI=1S/C59H111N2O6P/c1-6-8-10-12-14-16-18-20-22-24-26-28-30-32-34-36-38-40-42-44-46-48-50-52-58(62)57(56-67-68(64,65)66-55-54-61(3,4)5)60-59(63)53-51-49-47-45-43-41-39-37-35-33-31-29-27-25-23-21-19-17-15-13-11-9-7-2/h19,21,25,27,31,33,42,44,50,52,57-58,62H,6-18,20,22-24,26,28-30,32,34-41,43,45-49,51,53-56H2,1-5H3,(H-,60,63,64,65)/b21-19-,27-25-,33-31-,44-42+,52-50+. The van der Waals surface area contributed by atoms with E-state index < -0.39 is 26.6 Å². The number of phosphoric ester groups is 1. The molecular formula is C59H111N2O6P.